The second kappa shape index (κ2) is 11.2. The molecule has 2 aliphatic heterocycles. The molecule has 2 heterocycles. The van der Waals surface area contributed by atoms with E-state index in [0.717, 1.165) is 6.42 Å². The average Bonchev–Trinajstić information content (AvgIpc) is 2.81. The number of piperidine rings is 2. The minimum absolute atomic E-state index is 0.00269. The van der Waals surface area contributed by atoms with E-state index < -0.39 is 15.3 Å². The normalized spacial score (nSPS) is 24.8. The van der Waals surface area contributed by atoms with Crippen LogP contribution in [0, 0.1) is 11.8 Å². The zero-order chi connectivity index (χ0) is 24.0. The molecule has 2 unspecified atom stereocenters. The smallest absolute Gasteiger partial charge is 0.317 e. The molecule has 1 aromatic rings. The predicted octanol–water partition coefficient (Wildman–Crippen LogP) is 1.99. The van der Waals surface area contributed by atoms with Gasteiger partial charge < -0.3 is 15.5 Å². The van der Waals surface area contributed by atoms with Crippen LogP contribution in [0.5, 0.6) is 0 Å². The van der Waals surface area contributed by atoms with Crippen LogP contribution in [0.15, 0.2) is 43.0 Å². The van der Waals surface area contributed by atoms with Crippen molar-refractivity contribution in [2.75, 3.05) is 32.7 Å². The summed E-state index contributed by atoms with van der Waals surface area (Å²) in [6.07, 6.45) is 2.87. The zero-order valence-corrected chi connectivity index (χ0v) is 20.4. The van der Waals surface area contributed by atoms with Crippen LogP contribution in [-0.2, 0) is 21.2 Å². The summed E-state index contributed by atoms with van der Waals surface area (Å²) in [5.74, 6) is -0.227. The Bertz CT molecular complexity index is 917. The topological polar surface area (TPSA) is 98.8 Å². The summed E-state index contributed by atoms with van der Waals surface area (Å²) in [7, 11) is -3.47. The minimum atomic E-state index is -3.47. The van der Waals surface area contributed by atoms with Gasteiger partial charge in [0, 0.05) is 38.8 Å². The molecule has 8 nitrogen and oxygen atoms in total. The van der Waals surface area contributed by atoms with E-state index in [1.54, 1.807) is 9.21 Å². The number of nitrogens with zero attached hydrogens (tertiary/aromatic N) is 2. The molecular weight excluding hydrogens is 440 g/mol. The Morgan fingerprint density at radius 1 is 1.09 bits per heavy atom. The zero-order valence-electron chi connectivity index (χ0n) is 19.6. The largest absolute Gasteiger partial charge is 0.349 e. The third kappa shape index (κ3) is 6.35. The maximum atomic E-state index is 13.3. The van der Waals surface area contributed by atoms with Gasteiger partial charge in [-0.1, -0.05) is 50.8 Å². The summed E-state index contributed by atoms with van der Waals surface area (Å²) in [5.41, 5.74) is 1.17. The highest BCUT2D eigenvalue weighted by Gasteiger charge is 2.41. The van der Waals surface area contributed by atoms with Gasteiger partial charge in [-0.05, 0) is 42.7 Å². The van der Waals surface area contributed by atoms with Crippen molar-refractivity contribution in [1.29, 1.82) is 0 Å². The van der Waals surface area contributed by atoms with Gasteiger partial charge in [0.05, 0.1) is 5.25 Å². The van der Waals surface area contributed by atoms with Crippen LogP contribution in [0.1, 0.15) is 32.3 Å². The summed E-state index contributed by atoms with van der Waals surface area (Å²) in [5, 5.41) is 5.39. The number of amides is 3. The quantitative estimate of drug-likeness (QED) is 0.588. The van der Waals surface area contributed by atoms with Crippen LogP contribution in [-0.4, -0.2) is 73.6 Å². The van der Waals surface area contributed by atoms with Gasteiger partial charge in [-0.25, -0.2) is 17.5 Å². The van der Waals surface area contributed by atoms with E-state index in [0.29, 0.717) is 45.6 Å². The summed E-state index contributed by atoms with van der Waals surface area (Å²) < 4.78 is 28.2. The lowest BCUT2D eigenvalue weighted by atomic mass is 9.87. The number of urea groups is 1. The fraction of sp³-hybridized carbons (Fsp3) is 0.583. The monoisotopic (exact) mass is 476 g/mol. The number of nitrogens with one attached hydrogen (secondary N) is 2. The molecule has 0 saturated carbocycles. The Kier molecular flexibility index (Phi) is 8.53. The Morgan fingerprint density at radius 3 is 2.27 bits per heavy atom. The predicted molar refractivity (Wildman–Crippen MR) is 129 cm³/mol. The molecule has 2 saturated heterocycles. The van der Waals surface area contributed by atoms with Crippen molar-refractivity contribution in [2.24, 2.45) is 11.8 Å². The molecule has 3 rings (SSSR count). The van der Waals surface area contributed by atoms with E-state index in [1.807, 2.05) is 44.2 Å². The van der Waals surface area contributed by atoms with Crippen LogP contribution in [0.25, 0.3) is 0 Å². The SMILES string of the molecule is C=CC(=O)NC1C(C)CN(S(=O)(=O)C2CCN(C(=O)NCCc3ccccc3)CC2)CC1C. The van der Waals surface area contributed by atoms with Crippen molar-refractivity contribution in [2.45, 2.75) is 44.4 Å². The fourth-order valence-electron chi connectivity index (χ4n) is 4.86. The maximum Gasteiger partial charge on any atom is 0.317 e. The molecule has 33 heavy (non-hydrogen) atoms. The average molecular weight is 477 g/mol. The minimum Gasteiger partial charge on any atom is -0.349 e. The highest BCUT2D eigenvalue weighted by Crippen LogP contribution is 2.29. The molecule has 0 aliphatic carbocycles. The lowest BCUT2D eigenvalue weighted by molar-refractivity contribution is -0.118. The molecule has 0 spiro atoms. The van der Waals surface area contributed by atoms with Crippen molar-refractivity contribution in [3.63, 3.8) is 0 Å². The summed E-state index contributed by atoms with van der Waals surface area (Å²) in [6.45, 7) is 9.60. The third-order valence-electron chi connectivity index (χ3n) is 6.75. The number of likely N-dealkylation sites (tertiary alicyclic amines) is 1. The van der Waals surface area contributed by atoms with Gasteiger partial charge in [-0.15, -0.1) is 0 Å². The number of hydrogen-bond acceptors (Lipinski definition) is 4. The number of hydrogen-bond donors (Lipinski definition) is 2. The summed E-state index contributed by atoms with van der Waals surface area (Å²) >= 11 is 0. The van der Waals surface area contributed by atoms with E-state index in [2.05, 4.69) is 17.2 Å². The van der Waals surface area contributed by atoms with Crippen LogP contribution in [0.4, 0.5) is 4.79 Å². The lowest BCUT2D eigenvalue weighted by Gasteiger charge is -2.43. The summed E-state index contributed by atoms with van der Waals surface area (Å²) in [4.78, 5) is 25.9. The number of carbonyl (C=O) groups is 2. The summed E-state index contributed by atoms with van der Waals surface area (Å²) in [6, 6.07) is 9.75. The first-order valence-electron chi connectivity index (χ1n) is 11.7. The second-order valence-corrected chi connectivity index (χ2v) is 11.4. The fourth-order valence-corrected chi connectivity index (χ4v) is 6.97. The maximum absolute atomic E-state index is 13.3. The van der Waals surface area contributed by atoms with Crippen molar-refractivity contribution in [3.05, 3.63) is 48.6 Å². The van der Waals surface area contributed by atoms with Gasteiger partial charge in [0.25, 0.3) is 0 Å². The molecule has 0 bridgehead atoms. The molecule has 1 aromatic carbocycles. The van der Waals surface area contributed by atoms with Crippen LogP contribution < -0.4 is 10.6 Å². The van der Waals surface area contributed by atoms with E-state index in [4.69, 9.17) is 0 Å². The molecule has 9 heteroatoms. The first kappa shape index (κ1) is 25.2. The molecule has 2 aliphatic rings. The number of carbonyl (C=O) groups excluding carboxylic acids is 2. The second-order valence-electron chi connectivity index (χ2n) is 9.21. The highest BCUT2D eigenvalue weighted by atomic mass is 32.2. The van der Waals surface area contributed by atoms with Gasteiger partial charge in [0.2, 0.25) is 15.9 Å². The van der Waals surface area contributed by atoms with Crippen molar-refractivity contribution in [3.8, 4) is 0 Å². The van der Waals surface area contributed by atoms with Gasteiger partial charge in [-0.2, -0.15) is 0 Å². The number of sulfonamides is 1. The first-order chi connectivity index (χ1) is 15.7. The van der Waals surface area contributed by atoms with Crippen LogP contribution in [0.3, 0.4) is 0 Å². The van der Waals surface area contributed by atoms with E-state index >= 15 is 0 Å². The molecule has 3 amide bonds. The van der Waals surface area contributed by atoms with Gasteiger partial charge in [0.1, 0.15) is 0 Å². The third-order valence-corrected chi connectivity index (χ3v) is 9.08. The number of benzene rings is 1. The number of rotatable bonds is 7. The Balaban J connectivity index is 1.48. The first-order valence-corrected chi connectivity index (χ1v) is 13.2. The Hall–Kier alpha value is -2.39. The van der Waals surface area contributed by atoms with Gasteiger partial charge in [0.15, 0.2) is 0 Å². The van der Waals surface area contributed by atoms with Crippen LogP contribution >= 0.6 is 0 Å². The van der Waals surface area contributed by atoms with E-state index in [-0.39, 0.29) is 29.8 Å². The standard InChI is InChI=1S/C24H36N4O4S/c1-4-22(29)26-23-18(2)16-28(17-19(23)3)33(31,32)21-11-14-27(15-12-21)24(30)25-13-10-20-8-6-5-7-9-20/h4-9,18-19,21,23H,1,10-17H2,2-3H3,(H,25,30)(H,26,29). The molecule has 2 fully saturated rings. The van der Waals surface area contributed by atoms with Crippen LogP contribution in [0.2, 0.25) is 0 Å². The van der Waals surface area contributed by atoms with Gasteiger partial charge in [-0.3, -0.25) is 4.79 Å². The molecule has 182 valence electrons. The van der Waals surface area contributed by atoms with Crippen molar-refractivity contribution in [1.82, 2.24) is 19.8 Å². The molecule has 2 atom stereocenters. The highest BCUT2D eigenvalue weighted by molar-refractivity contribution is 7.89. The molecule has 0 aromatic heterocycles. The molecule has 2 N–H and O–H groups in total. The van der Waals surface area contributed by atoms with Crippen molar-refractivity contribution < 1.29 is 18.0 Å². The Morgan fingerprint density at radius 2 is 1.70 bits per heavy atom. The Labute approximate surface area is 197 Å². The van der Waals surface area contributed by atoms with E-state index in [9.17, 15) is 18.0 Å². The van der Waals surface area contributed by atoms with E-state index in [1.165, 1.54) is 11.6 Å². The molecule has 0 radical (unpaired) electrons. The van der Waals surface area contributed by atoms with Gasteiger partial charge >= 0.3 is 6.03 Å². The lowest BCUT2D eigenvalue weighted by Crippen LogP contribution is -2.58. The van der Waals surface area contributed by atoms with Crippen molar-refractivity contribution >= 4 is 22.0 Å². The molecular formula is C24H36N4O4S.